The van der Waals surface area contributed by atoms with Crippen LogP contribution in [0.4, 0.5) is 24.7 Å². The van der Waals surface area contributed by atoms with Crippen LogP contribution in [0.2, 0.25) is 0 Å². The van der Waals surface area contributed by atoms with Gasteiger partial charge < -0.3 is 10.1 Å². The monoisotopic (exact) mass is 430 g/mol. The topological polar surface area (TPSA) is 82.6 Å². The van der Waals surface area contributed by atoms with Crippen molar-refractivity contribution in [2.24, 2.45) is 5.10 Å². The lowest BCUT2D eigenvalue weighted by molar-refractivity contribution is -0.274. The van der Waals surface area contributed by atoms with E-state index < -0.39 is 6.36 Å². The Morgan fingerprint density at radius 3 is 2.73 bits per heavy atom. The van der Waals surface area contributed by atoms with Crippen molar-refractivity contribution in [1.82, 2.24) is 21.5 Å². The third kappa shape index (κ3) is 3.55. The highest BCUT2D eigenvalue weighted by atomic mass is 32.1. The van der Waals surface area contributed by atoms with E-state index >= 15 is 0 Å². The van der Waals surface area contributed by atoms with E-state index in [9.17, 15) is 13.2 Å². The van der Waals surface area contributed by atoms with Gasteiger partial charge in [0.2, 0.25) is 0 Å². The molecule has 5 rings (SSSR count). The minimum absolute atomic E-state index is 0.303. The molecule has 0 saturated heterocycles. The summed E-state index contributed by atoms with van der Waals surface area (Å²) < 4.78 is 42.6. The van der Waals surface area contributed by atoms with Crippen LogP contribution >= 0.6 is 11.3 Å². The van der Waals surface area contributed by atoms with Crippen LogP contribution in [0.5, 0.6) is 5.75 Å². The molecule has 0 aliphatic carbocycles. The highest BCUT2D eigenvalue weighted by Crippen LogP contribution is 2.35. The van der Waals surface area contributed by atoms with Crippen LogP contribution in [-0.2, 0) is 0 Å². The van der Waals surface area contributed by atoms with Gasteiger partial charge in [0, 0.05) is 32.8 Å². The van der Waals surface area contributed by atoms with E-state index in [1.165, 1.54) is 18.2 Å². The van der Waals surface area contributed by atoms with Gasteiger partial charge in [0.25, 0.3) is 0 Å². The number of benzene rings is 2. The zero-order valence-corrected chi connectivity index (χ0v) is 15.9. The highest BCUT2D eigenvalue weighted by Gasteiger charge is 2.31. The molecule has 0 amide bonds. The molecule has 0 saturated carbocycles. The van der Waals surface area contributed by atoms with Crippen molar-refractivity contribution in [2.45, 2.75) is 6.36 Å². The fourth-order valence-electron chi connectivity index (χ4n) is 3.19. The van der Waals surface area contributed by atoms with Crippen LogP contribution in [-0.4, -0.2) is 17.2 Å². The number of alkyl halides is 3. The Morgan fingerprint density at radius 1 is 1.03 bits per heavy atom. The number of rotatable bonds is 4. The van der Waals surface area contributed by atoms with Gasteiger partial charge in [-0.25, -0.2) is 10.5 Å². The first kappa shape index (κ1) is 18.5. The number of nitrogens with zero attached hydrogens (tertiary/aromatic N) is 2. The second-order valence-electron chi connectivity index (χ2n) is 6.38. The molecular weight excluding hydrogens is 417 g/mol. The molecule has 4 aromatic rings. The summed E-state index contributed by atoms with van der Waals surface area (Å²) in [5.74, 6) is 0.858. The molecule has 1 aliphatic rings. The molecule has 3 heterocycles. The van der Waals surface area contributed by atoms with Gasteiger partial charge in [-0.3, -0.25) is 5.43 Å². The summed E-state index contributed by atoms with van der Waals surface area (Å²) in [6, 6.07) is 13.4. The van der Waals surface area contributed by atoms with Crippen LogP contribution in [0.3, 0.4) is 0 Å². The van der Waals surface area contributed by atoms with Gasteiger partial charge in [0.15, 0.2) is 5.84 Å². The standard InChI is InChI=1S/C19H13F3N6OS/c20-19(21,22)29-12-3-1-2-11(9-12)23-18-14-6-7-30-16(14)13-5-4-10(8-15(13)24-18)17-25-27-28-26-17/h1-9,27-28H,(H,23,24)(H,25,26). The number of hydrazine groups is 2. The van der Waals surface area contributed by atoms with Crippen molar-refractivity contribution in [3.8, 4) is 5.75 Å². The first-order valence-electron chi connectivity index (χ1n) is 8.74. The molecule has 0 spiro atoms. The van der Waals surface area contributed by atoms with Gasteiger partial charge in [0.1, 0.15) is 11.6 Å². The number of nitrogens with one attached hydrogen (secondary N) is 4. The van der Waals surface area contributed by atoms with Crippen molar-refractivity contribution < 1.29 is 17.9 Å². The molecular formula is C19H13F3N6OS. The van der Waals surface area contributed by atoms with Crippen LogP contribution in [0.1, 0.15) is 5.56 Å². The van der Waals surface area contributed by atoms with Gasteiger partial charge in [-0.2, -0.15) is 0 Å². The van der Waals surface area contributed by atoms with E-state index in [1.54, 1.807) is 17.4 Å². The number of ether oxygens (including phenoxy) is 1. The number of hydrazone groups is 1. The Kier molecular flexibility index (Phi) is 4.33. The number of hydrogen-bond acceptors (Lipinski definition) is 8. The van der Waals surface area contributed by atoms with E-state index in [2.05, 4.69) is 31.7 Å². The minimum atomic E-state index is -4.75. The maximum absolute atomic E-state index is 12.5. The second kappa shape index (κ2) is 7.04. The van der Waals surface area contributed by atoms with Crippen LogP contribution in [0.25, 0.3) is 21.0 Å². The van der Waals surface area contributed by atoms with Gasteiger partial charge >= 0.3 is 6.36 Å². The number of pyridine rings is 1. The molecule has 1 aliphatic heterocycles. The molecule has 152 valence electrons. The first-order valence-corrected chi connectivity index (χ1v) is 9.62. The van der Waals surface area contributed by atoms with Crippen LogP contribution in [0, 0.1) is 0 Å². The van der Waals surface area contributed by atoms with Crippen molar-refractivity contribution >= 4 is 49.7 Å². The summed E-state index contributed by atoms with van der Waals surface area (Å²) in [6.07, 6.45) is -4.75. The lowest BCUT2D eigenvalue weighted by Crippen LogP contribution is -2.35. The highest BCUT2D eigenvalue weighted by molar-refractivity contribution is 7.18. The molecule has 2 aromatic carbocycles. The largest absolute Gasteiger partial charge is 0.573 e. The number of amidine groups is 1. The molecule has 2 aromatic heterocycles. The summed E-state index contributed by atoms with van der Waals surface area (Å²) in [5.41, 5.74) is 10.2. The molecule has 0 unspecified atom stereocenters. The Bertz CT molecular complexity index is 1290. The van der Waals surface area contributed by atoms with Crippen LogP contribution < -0.4 is 26.5 Å². The second-order valence-corrected chi connectivity index (χ2v) is 7.29. The maximum atomic E-state index is 12.5. The molecule has 11 heteroatoms. The quantitative estimate of drug-likeness (QED) is 0.385. The number of hydrogen-bond donors (Lipinski definition) is 4. The van der Waals surface area contributed by atoms with E-state index in [0.717, 1.165) is 26.6 Å². The Labute approximate surface area is 171 Å². The average Bonchev–Trinajstić information content (AvgIpc) is 3.39. The fourth-order valence-corrected chi connectivity index (χ4v) is 4.12. The summed E-state index contributed by atoms with van der Waals surface area (Å²) >= 11 is 1.57. The molecule has 0 radical (unpaired) electrons. The third-order valence-electron chi connectivity index (χ3n) is 4.40. The van der Waals surface area contributed by atoms with Crippen molar-refractivity contribution in [2.75, 3.05) is 5.32 Å². The van der Waals surface area contributed by atoms with Gasteiger partial charge in [-0.1, -0.05) is 18.2 Å². The number of anilines is 2. The molecule has 4 N–H and O–H groups in total. The average molecular weight is 430 g/mol. The van der Waals surface area contributed by atoms with Gasteiger partial charge in [-0.05, 0) is 29.6 Å². The number of thiophene rings is 1. The third-order valence-corrected chi connectivity index (χ3v) is 5.35. The summed E-state index contributed by atoms with van der Waals surface area (Å²) in [7, 11) is 0. The number of fused-ring (bicyclic) bond motifs is 3. The Balaban J connectivity index is 1.56. The van der Waals surface area contributed by atoms with E-state index in [-0.39, 0.29) is 5.75 Å². The van der Waals surface area contributed by atoms with Gasteiger partial charge in [0.05, 0.1) is 5.52 Å². The van der Waals surface area contributed by atoms with E-state index in [0.29, 0.717) is 17.3 Å². The molecule has 7 nitrogen and oxygen atoms in total. The van der Waals surface area contributed by atoms with Crippen molar-refractivity contribution in [3.05, 3.63) is 59.5 Å². The predicted molar refractivity (Wildman–Crippen MR) is 109 cm³/mol. The van der Waals surface area contributed by atoms with Crippen LogP contribution in [0.15, 0.2) is 59.0 Å². The number of aromatic nitrogens is 1. The van der Waals surface area contributed by atoms with Gasteiger partial charge in [-0.15, -0.1) is 35.1 Å². The lowest BCUT2D eigenvalue weighted by atomic mass is 10.1. The zero-order valence-electron chi connectivity index (χ0n) is 15.0. The molecule has 30 heavy (non-hydrogen) atoms. The minimum Gasteiger partial charge on any atom is -0.406 e. The summed E-state index contributed by atoms with van der Waals surface area (Å²) in [4.78, 5) is 4.72. The Hall–Kier alpha value is -3.57. The van der Waals surface area contributed by atoms with E-state index in [1.807, 2.05) is 29.6 Å². The number of halogens is 3. The summed E-state index contributed by atoms with van der Waals surface area (Å²) in [6.45, 7) is 0. The Morgan fingerprint density at radius 2 is 1.93 bits per heavy atom. The molecule has 0 bridgehead atoms. The SMILES string of the molecule is FC(F)(F)Oc1cccc(Nc2nc3cc(C4=NNNN4)ccc3c3sccc23)c1. The lowest BCUT2D eigenvalue weighted by Gasteiger charge is -2.12. The van der Waals surface area contributed by atoms with Crippen molar-refractivity contribution in [3.63, 3.8) is 0 Å². The smallest absolute Gasteiger partial charge is 0.406 e. The summed E-state index contributed by atoms with van der Waals surface area (Å²) in [5, 5.41) is 11.0. The normalized spacial score (nSPS) is 13.8. The first-order chi connectivity index (χ1) is 14.5. The van der Waals surface area contributed by atoms with Crippen molar-refractivity contribution in [1.29, 1.82) is 0 Å². The molecule has 0 atom stereocenters. The maximum Gasteiger partial charge on any atom is 0.573 e. The van der Waals surface area contributed by atoms with E-state index in [4.69, 9.17) is 4.98 Å². The zero-order chi connectivity index (χ0) is 20.7. The predicted octanol–water partition coefficient (Wildman–Crippen LogP) is 4.37. The molecule has 0 fully saturated rings. The fraction of sp³-hybridized carbons (Fsp3) is 0.0526.